The molecule has 1 saturated heterocycles. The number of aromatic nitrogens is 4. The van der Waals surface area contributed by atoms with E-state index in [1.807, 2.05) is 16.7 Å². The van der Waals surface area contributed by atoms with Crippen LogP contribution in [0.1, 0.15) is 11.3 Å². The van der Waals surface area contributed by atoms with Crippen molar-refractivity contribution in [2.75, 3.05) is 31.1 Å². The number of imidazole rings is 1. The standard InChI is InChI=1S/C24H26FN7O3S/c1-28-20-19(21(33)29(2)24(28)34)32(15-16-5-7-17(25)8-6-16)22(27-20)30-9-11-31(12-10-30)23(36)26-14-18-4-3-13-35-18/h3-8,13H,9-12,14-15H2,1-2H3,(H,26,36). The second-order valence-corrected chi connectivity index (χ2v) is 9.10. The molecule has 0 radical (unpaired) electrons. The Kier molecular flexibility index (Phi) is 6.35. The summed E-state index contributed by atoms with van der Waals surface area (Å²) in [5.41, 5.74) is 0.601. The maximum Gasteiger partial charge on any atom is 0.332 e. The number of rotatable bonds is 5. The Morgan fingerprint density at radius 2 is 1.81 bits per heavy atom. The molecule has 1 aromatic carbocycles. The number of hydrogen-bond donors (Lipinski definition) is 1. The molecule has 0 amide bonds. The molecule has 4 aromatic rings. The second kappa shape index (κ2) is 9.61. The van der Waals surface area contributed by atoms with Gasteiger partial charge in [-0.15, -0.1) is 0 Å². The first-order chi connectivity index (χ1) is 17.3. The molecule has 188 valence electrons. The fourth-order valence-corrected chi connectivity index (χ4v) is 4.65. The van der Waals surface area contributed by atoms with Crippen molar-refractivity contribution < 1.29 is 8.81 Å². The molecule has 1 N–H and O–H groups in total. The first-order valence-corrected chi connectivity index (χ1v) is 11.9. The van der Waals surface area contributed by atoms with Crippen molar-refractivity contribution in [1.82, 2.24) is 28.9 Å². The first kappa shape index (κ1) is 23.8. The van der Waals surface area contributed by atoms with Crippen LogP contribution in [-0.2, 0) is 27.2 Å². The van der Waals surface area contributed by atoms with Crippen LogP contribution >= 0.6 is 12.2 Å². The second-order valence-electron chi connectivity index (χ2n) is 8.71. The molecule has 10 nitrogen and oxygen atoms in total. The van der Waals surface area contributed by atoms with Crippen LogP contribution in [0.4, 0.5) is 10.3 Å². The van der Waals surface area contributed by atoms with Gasteiger partial charge in [-0.2, -0.15) is 4.98 Å². The van der Waals surface area contributed by atoms with E-state index in [0.717, 1.165) is 15.9 Å². The van der Waals surface area contributed by atoms with Gasteiger partial charge in [0.1, 0.15) is 11.6 Å². The van der Waals surface area contributed by atoms with Crippen LogP contribution in [-0.4, -0.2) is 54.9 Å². The number of piperazine rings is 1. The van der Waals surface area contributed by atoms with Gasteiger partial charge in [0.2, 0.25) is 5.95 Å². The minimum absolute atomic E-state index is 0.308. The summed E-state index contributed by atoms with van der Waals surface area (Å²) >= 11 is 5.56. The van der Waals surface area contributed by atoms with Gasteiger partial charge in [-0.3, -0.25) is 18.5 Å². The number of benzene rings is 1. The average molecular weight is 512 g/mol. The molecule has 0 bridgehead atoms. The fraction of sp³-hybridized carbons (Fsp3) is 0.333. The molecule has 0 saturated carbocycles. The maximum absolute atomic E-state index is 13.5. The Hall–Kier alpha value is -3.93. The van der Waals surface area contributed by atoms with E-state index >= 15 is 0 Å². The number of fused-ring (bicyclic) bond motifs is 1. The molecule has 1 aliphatic rings. The fourth-order valence-electron chi connectivity index (χ4n) is 4.40. The van der Waals surface area contributed by atoms with E-state index in [9.17, 15) is 14.0 Å². The third kappa shape index (κ3) is 4.39. The molecule has 0 aliphatic carbocycles. The van der Waals surface area contributed by atoms with E-state index in [1.165, 1.54) is 23.7 Å². The molecular weight excluding hydrogens is 485 g/mol. The van der Waals surface area contributed by atoms with Gasteiger partial charge in [-0.05, 0) is 42.0 Å². The van der Waals surface area contributed by atoms with Gasteiger partial charge < -0.3 is 19.5 Å². The van der Waals surface area contributed by atoms with E-state index in [1.54, 1.807) is 25.4 Å². The molecule has 3 aromatic heterocycles. The molecule has 0 atom stereocenters. The third-order valence-corrected chi connectivity index (χ3v) is 6.83. The zero-order valence-corrected chi connectivity index (χ0v) is 20.8. The highest BCUT2D eigenvalue weighted by atomic mass is 32.1. The lowest BCUT2D eigenvalue weighted by Crippen LogP contribution is -2.52. The highest BCUT2D eigenvalue weighted by Crippen LogP contribution is 2.23. The van der Waals surface area contributed by atoms with Crippen LogP contribution in [0.2, 0.25) is 0 Å². The third-order valence-electron chi connectivity index (χ3n) is 6.43. The highest BCUT2D eigenvalue weighted by Gasteiger charge is 2.26. The number of aryl methyl sites for hydroxylation is 1. The van der Waals surface area contributed by atoms with Gasteiger partial charge in [0, 0.05) is 40.3 Å². The van der Waals surface area contributed by atoms with Crippen molar-refractivity contribution in [3.63, 3.8) is 0 Å². The lowest BCUT2D eigenvalue weighted by atomic mass is 10.2. The quantitative estimate of drug-likeness (QED) is 0.402. The number of anilines is 1. The van der Waals surface area contributed by atoms with Crippen molar-refractivity contribution in [1.29, 1.82) is 0 Å². The first-order valence-electron chi connectivity index (χ1n) is 11.5. The van der Waals surface area contributed by atoms with Crippen molar-refractivity contribution in [3.8, 4) is 0 Å². The van der Waals surface area contributed by atoms with Gasteiger partial charge in [0.05, 0.1) is 19.4 Å². The van der Waals surface area contributed by atoms with Crippen molar-refractivity contribution in [2.24, 2.45) is 14.1 Å². The summed E-state index contributed by atoms with van der Waals surface area (Å²) < 4.78 is 23.1. The van der Waals surface area contributed by atoms with Crippen LogP contribution in [0.25, 0.3) is 11.2 Å². The number of hydrogen-bond acceptors (Lipinski definition) is 6. The lowest BCUT2D eigenvalue weighted by molar-refractivity contribution is 0.373. The van der Waals surface area contributed by atoms with E-state index in [4.69, 9.17) is 21.6 Å². The van der Waals surface area contributed by atoms with Gasteiger partial charge >= 0.3 is 5.69 Å². The number of thiocarbonyl (C=S) groups is 1. The van der Waals surface area contributed by atoms with Crippen molar-refractivity contribution in [3.05, 3.63) is 80.6 Å². The van der Waals surface area contributed by atoms with E-state index in [2.05, 4.69) is 15.1 Å². The van der Waals surface area contributed by atoms with Gasteiger partial charge in [0.15, 0.2) is 16.3 Å². The zero-order chi connectivity index (χ0) is 25.4. The minimum Gasteiger partial charge on any atom is -0.467 e. The SMILES string of the molecule is Cn1c(=O)c2c(nc(N3CCN(C(=S)NCc4ccco4)CC3)n2Cc2ccc(F)cc2)n(C)c1=O. The monoisotopic (exact) mass is 511 g/mol. The largest absolute Gasteiger partial charge is 0.467 e. The smallest absolute Gasteiger partial charge is 0.332 e. The van der Waals surface area contributed by atoms with Gasteiger partial charge in [-0.25, -0.2) is 9.18 Å². The Labute approximate surface area is 211 Å². The molecule has 5 rings (SSSR count). The summed E-state index contributed by atoms with van der Waals surface area (Å²) in [6, 6.07) is 9.85. The van der Waals surface area contributed by atoms with Gasteiger partial charge in [-0.1, -0.05) is 12.1 Å². The van der Waals surface area contributed by atoms with E-state index in [0.29, 0.717) is 61.5 Å². The molecule has 1 fully saturated rings. The molecular formula is C24H26FN7O3S. The molecule has 12 heteroatoms. The van der Waals surface area contributed by atoms with Crippen molar-refractivity contribution >= 4 is 34.4 Å². The maximum atomic E-state index is 13.5. The summed E-state index contributed by atoms with van der Waals surface area (Å²) in [5, 5.41) is 3.86. The number of nitrogens with zero attached hydrogens (tertiary/aromatic N) is 6. The topological polar surface area (TPSA) is 93.5 Å². The number of furan rings is 1. The Morgan fingerprint density at radius 1 is 1.08 bits per heavy atom. The zero-order valence-electron chi connectivity index (χ0n) is 20.0. The normalized spacial score (nSPS) is 14.0. The summed E-state index contributed by atoms with van der Waals surface area (Å²) in [5.74, 6) is 1.06. The summed E-state index contributed by atoms with van der Waals surface area (Å²) in [4.78, 5) is 34.6. The number of halogens is 1. The Morgan fingerprint density at radius 3 is 2.47 bits per heavy atom. The molecule has 4 heterocycles. The van der Waals surface area contributed by atoms with Gasteiger partial charge in [0.25, 0.3) is 5.56 Å². The van der Waals surface area contributed by atoms with Crippen LogP contribution in [0.5, 0.6) is 0 Å². The number of nitrogens with one attached hydrogen (secondary N) is 1. The van der Waals surface area contributed by atoms with Crippen molar-refractivity contribution in [2.45, 2.75) is 13.1 Å². The van der Waals surface area contributed by atoms with E-state index in [-0.39, 0.29) is 5.82 Å². The summed E-state index contributed by atoms with van der Waals surface area (Å²) in [6.07, 6.45) is 1.62. The van der Waals surface area contributed by atoms with Crippen LogP contribution in [0, 0.1) is 5.82 Å². The highest BCUT2D eigenvalue weighted by molar-refractivity contribution is 7.80. The summed E-state index contributed by atoms with van der Waals surface area (Å²) in [6.45, 7) is 3.36. The van der Waals surface area contributed by atoms with E-state index < -0.39 is 11.2 Å². The van der Waals surface area contributed by atoms with Crippen LogP contribution in [0.15, 0.2) is 56.7 Å². The van der Waals surface area contributed by atoms with Crippen LogP contribution < -0.4 is 21.5 Å². The van der Waals surface area contributed by atoms with Crippen LogP contribution in [0.3, 0.4) is 0 Å². The molecule has 0 spiro atoms. The average Bonchev–Trinajstić information content (AvgIpc) is 3.54. The predicted molar refractivity (Wildman–Crippen MR) is 138 cm³/mol. The molecule has 1 aliphatic heterocycles. The summed E-state index contributed by atoms with van der Waals surface area (Å²) in [7, 11) is 3.05. The molecule has 0 unspecified atom stereocenters. The Balaban J connectivity index is 1.43. The molecule has 36 heavy (non-hydrogen) atoms. The lowest BCUT2D eigenvalue weighted by Gasteiger charge is -2.36. The Bertz CT molecular complexity index is 1510. The predicted octanol–water partition coefficient (Wildman–Crippen LogP) is 1.41. The minimum atomic E-state index is -0.441.